The van der Waals surface area contributed by atoms with Gasteiger partial charge in [-0.2, -0.15) is 12.1 Å². The predicted octanol–water partition coefficient (Wildman–Crippen LogP) is 2.21. The number of Topliss-reactive ketones (excluding diaryl/α,β-unsaturated/α-hetero) is 1. The molecule has 5 heteroatoms. The van der Waals surface area contributed by atoms with Crippen LogP contribution < -0.4 is 4.74 Å². The zero-order valence-electron chi connectivity index (χ0n) is 9.76. The van der Waals surface area contributed by atoms with E-state index >= 15 is 0 Å². The summed E-state index contributed by atoms with van der Waals surface area (Å²) in [7, 11) is 1.47. The van der Waals surface area contributed by atoms with Gasteiger partial charge in [0.1, 0.15) is 0 Å². The molecule has 0 amide bonds. The summed E-state index contributed by atoms with van der Waals surface area (Å²) in [5.74, 6) is 0.236. The molecule has 0 saturated heterocycles. The minimum absolute atomic E-state index is 0. The molecule has 16 heavy (non-hydrogen) atoms. The summed E-state index contributed by atoms with van der Waals surface area (Å²) >= 11 is 0. The normalized spacial score (nSPS) is 9.50. The number of aryl methyl sites for hydroxylation is 1. The third-order valence-electron chi connectivity index (χ3n) is 2.08. The minimum atomic E-state index is -0.148. The zero-order valence-corrected chi connectivity index (χ0v) is 12.6. The summed E-state index contributed by atoms with van der Waals surface area (Å²) in [5.41, 5.74) is 8.94. The van der Waals surface area contributed by atoms with Gasteiger partial charge in [-0.3, -0.25) is 9.78 Å². The molecule has 85 valence electrons. The number of ether oxygens (including phenoxy) is 1. The first-order valence-electron chi connectivity index (χ1n) is 4.78. The molecule has 1 N–H and O–H groups in total. The molecule has 1 aromatic rings. The average molecular weight is 295 g/mol. The maximum atomic E-state index is 11.3. The first-order valence-corrected chi connectivity index (χ1v) is 4.78. The van der Waals surface area contributed by atoms with E-state index in [-0.39, 0.29) is 45.0 Å². The largest absolute Gasteiger partial charge is 0.676 e. The van der Waals surface area contributed by atoms with E-state index < -0.39 is 0 Å². The van der Waals surface area contributed by atoms with Crippen molar-refractivity contribution in [3.63, 3.8) is 0 Å². The van der Waals surface area contributed by atoms with Crippen LogP contribution in [0.3, 0.4) is 0 Å². The average Bonchev–Trinajstić information content (AvgIpc) is 2.26. The SMILES string of the molecule is CCc1[c-]c(C[NH-])c(OC)c(C(C)=O)n1.[Y]. The van der Waals surface area contributed by atoms with E-state index in [1.807, 2.05) is 6.92 Å². The fourth-order valence-corrected chi connectivity index (χ4v) is 1.34. The molecule has 0 aliphatic heterocycles. The van der Waals surface area contributed by atoms with Crippen LogP contribution in [-0.2, 0) is 45.7 Å². The van der Waals surface area contributed by atoms with E-state index in [0.29, 0.717) is 29.1 Å². The second-order valence-electron chi connectivity index (χ2n) is 3.13. The number of carbonyl (C=O) groups excluding carboxylic acids is 1. The monoisotopic (exact) mass is 295 g/mol. The van der Waals surface area contributed by atoms with Gasteiger partial charge in [0.05, 0.1) is 12.8 Å². The minimum Gasteiger partial charge on any atom is -0.676 e. The van der Waals surface area contributed by atoms with Gasteiger partial charge >= 0.3 is 0 Å². The Bertz CT molecular complexity index is 380. The first-order chi connectivity index (χ1) is 7.13. The van der Waals surface area contributed by atoms with E-state index in [2.05, 4.69) is 11.1 Å². The molecule has 1 aromatic heterocycles. The van der Waals surface area contributed by atoms with Gasteiger partial charge in [-0.1, -0.05) is 12.6 Å². The quantitative estimate of drug-likeness (QED) is 0.632. The third kappa shape index (κ3) is 3.34. The Balaban J connectivity index is 0.00000225. The molecule has 4 nitrogen and oxygen atoms in total. The Labute approximate surface area is 121 Å². The van der Waals surface area contributed by atoms with Crippen molar-refractivity contribution < 1.29 is 42.2 Å². The molecule has 0 aliphatic rings. The standard InChI is InChI=1S/C11H14N2O2.Y/c1-4-9-5-8(6-12)11(15-3)10(13-9)7(2)14;/h12H,4,6H2,1-3H3;/q-2;. The molecular formula is C11H14N2O2Y-2. The van der Waals surface area contributed by atoms with Crippen molar-refractivity contribution in [3.05, 3.63) is 28.8 Å². The van der Waals surface area contributed by atoms with Crippen molar-refractivity contribution in [1.29, 1.82) is 0 Å². The van der Waals surface area contributed by atoms with Crippen molar-refractivity contribution >= 4 is 5.78 Å². The number of carbonyl (C=O) groups is 1. The van der Waals surface area contributed by atoms with Gasteiger partial charge < -0.3 is 10.5 Å². The van der Waals surface area contributed by atoms with E-state index in [9.17, 15) is 4.79 Å². The number of hydrogen-bond donors (Lipinski definition) is 0. The molecule has 0 unspecified atom stereocenters. The molecule has 0 aromatic carbocycles. The number of pyridine rings is 1. The van der Waals surface area contributed by atoms with Gasteiger partial charge in [0.25, 0.3) is 0 Å². The van der Waals surface area contributed by atoms with E-state index in [1.165, 1.54) is 14.0 Å². The topological polar surface area (TPSA) is 63.0 Å². The first kappa shape index (κ1) is 15.7. The van der Waals surface area contributed by atoms with Crippen LogP contribution in [-0.4, -0.2) is 17.9 Å². The van der Waals surface area contributed by atoms with Crippen molar-refractivity contribution in [2.45, 2.75) is 26.8 Å². The van der Waals surface area contributed by atoms with Crippen LogP contribution >= 0.6 is 0 Å². The van der Waals surface area contributed by atoms with Gasteiger partial charge in [0, 0.05) is 32.7 Å². The van der Waals surface area contributed by atoms with Gasteiger partial charge in [0.2, 0.25) is 0 Å². The summed E-state index contributed by atoms with van der Waals surface area (Å²) < 4.78 is 5.09. The second-order valence-corrected chi connectivity index (χ2v) is 3.13. The summed E-state index contributed by atoms with van der Waals surface area (Å²) in [6, 6.07) is 2.98. The fraction of sp³-hybridized carbons (Fsp3) is 0.455. The van der Waals surface area contributed by atoms with Crippen molar-refractivity contribution in [2.75, 3.05) is 7.11 Å². The number of methoxy groups -OCH3 is 1. The van der Waals surface area contributed by atoms with Crippen LogP contribution in [0.4, 0.5) is 0 Å². The molecule has 1 rings (SSSR count). The van der Waals surface area contributed by atoms with Crippen LogP contribution in [0.15, 0.2) is 0 Å². The third-order valence-corrected chi connectivity index (χ3v) is 2.08. The van der Waals surface area contributed by atoms with Crippen LogP contribution in [0.2, 0.25) is 0 Å². The van der Waals surface area contributed by atoms with Crippen molar-refractivity contribution in [3.8, 4) is 5.75 Å². The smallest absolute Gasteiger partial charge is 0.163 e. The molecule has 0 saturated carbocycles. The number of hydrogen-bond acceptors (Lipinski definition) is 3. The molecule has 0 atom stereocenters. The summed E-state index contributed by atoms with van der Waals surface area (Å²) in [6.45, 7) is 3.42. The summed E-state index contributed by atoms with van der Waals surface area (Å²) in [4.78, 5) is 15.5. The number of nitrogens with one attached hydrogen (secondary N) is 1. The Morgan fingerprint density at radius 3 is 2.56 bits per heavy atom. The van der Waals surface area contributed by atoms with Gasteiger partial charge in [-0.25, -0.2) is 6.07 Å². The summed E-state index contributed by atoms with van der Waals surface area (Å²) in [5, 5.41) is 0. The van der Waals surface area contributed by atoms with Crippen LogP contribution in [0, 0.1) is 6.07 Å². The number of nitrogens with zero attached hydrogens (tertiary/aromatic N) is 1. The van der Waals surface area contributed by atoms with Gasteiger partial charge in [0.15, 0.2) is 5.78 Å². The molecule has 0 bridgehead atoms. The van der Waals surface area contributed by atoms with Crippen LogP contribution in [0.25, 0.3) is 5.73 Å². The van der Waals surface area contributed by atoms with Crippen molar-refractivity contribution in [1.82, 2.24) is 4.98 Å². The molecule has 1 heterocycles. The second kappa shape index (κ2) is 7.10. The summed E-state index contributed by atoms with van der Waals surface area (Å²) in [6.07, 6.45) is 0.692. The molecule has 0 spiro atoms. The Kier molecular flexibility index (Phi) is 6.96. The Morgan fingerprint density at radius 1 is 1.56 bits per heavy atom. The zero-order chi connectivity index (χ0) is 11.4. The molecule has 0 aliphatic carbocycles. The van der Waals surface area contributed by atoms with E-state index in [1.54, 1.807) is 0 Å². The molecular weight excluding hydrogens is 281 g/mol. The maximum absolute atomic E-state index is 11.3. The maximum Gasteiger partial charge on any atom is 0.163 e. The van der Waals surface area contributed by atoms with E-state index in [4.69, 9.17) is 10.5 Å². The van der Waals surface area contributed by atoms with Crippen LogP contribution in [0.1, 0.15) is 35.6 Å². The number of rotatable bonds is 4. The number of aromatic nitrogens is 1. The van der Waals surface area contributed by atoms with Crippen LogP contribution in [0.5, 0.6) is 5.75 Å². The van der Waals surface area contributed by atoms with E-state index in [0.717, 1.165) is 0 Å². The number of ketones is 1. The predicted molar refractivity (Wildman–Crippen MR) is 57.0 cm³/mol. The van der Waals surface area contributed by atoms with Gasteiger partial charge in [-0.15, -0.1) is 0 Å². The van der Waals surface area contributed by atoms with Crippen molar-refractivity contribution in [2.24, 2.45) is 0 Å². The fourth-order valence-electron chi connectivity index (χ4n) is 1.34. The molecule has 0 fully saturated rings. The Hall–Kier alpha value is -0.316. The van der Waals surface area contributed by atoms with Gasteiger partial charge in [-0.05, 0) is 19.1 Å². The molecule has 1 radical (unpaired) electrons. The Morgan fingerprint density at radius 2 is 2.19 bits per heavy atom.